The number of benzene rings is 1. The van der Waals surface area contributed by atoms with E-state index in [1.54, 1.807) is 13.4 Å². The molecule has 0 saturated carbocycles. The lowest BCUT2D eigenvalue weighted by atomic mass is 10.2. The van der Waals surface area contributed by atoms with Crippen molar-refractivity contribution in [2.75, 3.05) is 20.3 Å². The number of rotatable bonds is 7. The zero-order valence-corrected chi connectivity index (χ0v) is 12.8. The molecule has 1 aromatic heterocycles. The predicted molar refractivity (Wildman–Crippen MR) is 79.1 cm³/mol. The van der Waals surface area contributed by atoms with Crippen LogP contribution in [0.2, 0.25) is 5.02 Å². The molecule has 0 aliphatic rings. The van der Waals surface area contributed by atoms with Crippen molar-refractivity contribution >= 4 is 34.9 Å². The van der Waals surface area contributed by atoms with E-state index in [1.165, 1.54) is 23.3 Å². The van der Waals surface area contributed by atoms with E-state index in [0.29, 0.717) is 6.61 Å². The monoisotopic (exact) mass is 315 g/mol. The molecule has 102 valence electrons. The van der Waals surface area contributed by atoms with Gasteiger partial charge in [-0.2, -0.15) is 4.37 Å². The minimum Gasteiger partial charge on any atom is -0.383 e. The van der Waals surface area contributed by atoms with Crippen molar-refractivity contribution in [3.8, 4) is 0 Å². The van der Waals surface area contributed by atoms with Gasteiger partial charge in [0.25, 0.3) is 0 Å². The van der Waals surface area contributed by atoms with Gasteiger partial charge in [0, 0.05) is 25.1 Å². The summed E-state index contributed by atoms with van der Waals surface area (Å²) in [5.41, 5.74) is 1.16. The molecule has 2 aromatic rings. The highest BCUT2D eigenvalue weighted by Crippen LogP contribution is 2.34. The molecule has 0 radical (unpaired) electrons. The fourth-order valence-corrected chi connectivity index (χ4v) is 3.17. The third-order valence-electron chi connectivity index (χ3n) is 2.35. The lowest BCUT2D eigenvalue weighted by Gasteiger charge is -2.07. The van der Waals surface area contributed by atoms with Gasteiger partial charge in [0.2, 0.25) is 0 Å². The van der Waals surface area contributed by atoms with E-state index in [2.05, 4.69) is 20.7 Å². The standard InChI is InChI=1S/C12H14ClN3OS2/c1-17-5-4-14-7-9-2-3-11(10(13)6-9)18-12-15-8-16-19-12/h2-3,6,8,14H,4-5,7H2,1H3. The minimum atomic E-state index is 0.707. The van der Waals surface area contributed by atoms with Crippen molar-refractivity contribution in [2.24, 2.45) is 0 Å². The Morgan fingerprint density at radius 1 is 1.47 bits per heavy atom. The van der Waals surface area contributed by atoms with Crippen molar-refractivity contribution in [1.29, 1.82) is 0 Å². The van der Waals surface area contributed by atoms with E-state index in [9.17, 15) is 0 Å². The first-order valence-electron chi connectivity index (χ1n) is 5.72. The van der Waals surface area contributed by atoms with Crippen molar-refractivity contribution < 1.29 is 4.74 Å². The Bertz CT molecular complexity index is 508. The first-order chi connectivity index (χ1) is 9.29. The maximum atomic E-state index is 6.27. The molecule has 0 spiro atoms. The van der Waals surface area contributed by atoms with Gasteiger partial charge >= 0.3 is 0 Å². The number of nitrogens with zero attached hydrogens (tertiary/aromatic N) is 2. The second-order valence-electron chi connectivity index (χ2n) is 3.74. The largest absolute Gasteiger partial charge is 0.383 e. The van der Waals surface area contributed by atoms with E-state index in [1.807, 2.05) is 12.1 Å². The third-order valence-corrected chi connectivity index (χ3v) is 4.56. The van der Waals surface area contributed by atoms with E-state index in [-0.39, 0.29) is 0 Å². The maximum Gasteiger partial charge on any atom is 0.174 e. The Balaban J connectivity index is 1.93. The van der Waals surface area contributed by atoms with Crippen molar-refractivity contribution in [3.05, 3.63) is 35.1 Å². The average Bonchev–Trinajstić information content (AvgIpc) is 2.91. The second kappa shape index (κ2) is 7.81. The van der Waals surface area contributed by atoms with Crippen LogP contribution in [-0.4, -0.2) is 29.6 Å². The van der Waals surface area contributed by atoms with Crippen LogP contribution in [0.3, 0.4) is 0 Å². The summed E-state index contributed by atoms with van der Waals surface area (Å²) in [5.74, 6) is 0. The molecule has 0 aliphatic heterocycles. The number of ether oxygens (including phenoxy) is 1. The average molecular weight is 316 g/mol. The summed E-state index contributed by atoms with van der Waals surface area (Å²) in [4.78, 5) is 5.13. The Morgan fingerprint density at radius 2 is 2.37 bits per heavy atom. The van der Waals surface area contributed by atoms with Gasteiger partial charge in [0.15, 0.2) is 4.34 Å². The van der Waals surface area contributed by atoms with Crippen LogP contribution < -0.4 is 5.32 Å². The molecule has 1 heterocycles. The summed E-state index contributed by atoms with van der Waals surface area (Å²) in [6.07, 6.45) is 1.55. The predicted octanol–water partition coefficient (Wildman–Crippen LogP) is 3.08. The Kier molecular flexibility index (Phi) is 6.06. The number of aromatic nitrogens is 2. The number of nitrogens with one attached hydrogen (secondary N) is 1. The van der Waals surface area contributed by atoms with Crippen LogP contribution in [0.25, 0.3) is 0 Å². The normalized spacial score (nSPS) is 10.8. The van der Waals surface area contributed by atoms with Crippen LogP contribution in [0.5, 0.6) is 0 Å². The molecule has 19 heavy (non-hydrogen) atoms. The highest BCUT2D eigenvalue weighted by molar-refractivity contribution is 8.01. The second-order valence-corrected chi connectivity index (χ2v) is 6.22. The van der Waals surface area contributed by atoms with Crippen molar-refractivity contribution in [3.63, 3.8) is 0 Å². The van der Waals surface area contributed by atoms with Crippen LogP contribution in [0.1, 0.15) is 5.56 Å². The molecule has 0 amide bonds. The van der Waals surface area contributed by atoms with Crippen molar-refractivity contribution in [1.82, 2.24) is 14.7 Å². The molecule has 4 nitrogen and oxygen atoms in total. The molecular weight excluding hydrogens is 302 g/mol. The van der Waals surface area contributed by atoms with Gasteiger partial charge in [-0.25, -0.2) is 4.98 Å². The Hall–Kier alpha value is -0.660. The minimum absolute atomic E-state index is 0.707. The molecular formula is C12H14ClN3OS2. The Morgan fingerprint density at radius 3 is 3.05 bits per heavy atom. The number of halogens is 1. The first kappa shape index (κ1) is 14.7. The lowest BCUT2D eigenvalue weighted by Crippen LogP contribution is -2.18. The molecule has 0 aliphatic carbocycles. The molecule has 1 aromatic carbocycles. The van der Waals surface area contributed by atoms with E-state index < -0.39 is 0 Å². The topological polar surface area (TPSA) is 47.0 Å². The van der Waals surface area contributed by atoms with Gasteiger partial charge in [-0.05, 0) is 29.2 Å². The van der Waals surface area contributed by atoms with Crippen LogP contribution in [0.4, 0.5) is 0 Å². The summed E-state index contributed by atoms with van der Waals surface area (Å²) in [5, 5.41) is 4.03. The fraction of sp³-hybridized carbons (Fsp3) is 0.333. The van der Waals surface area contributed by atoms with Gasteiger partial charge in [0.05, 0.1) is 11.6 Å². The van der Waals surface area contributed by atoms with Crippen LogP contribution in [0.15, 0.2) is 33.8 Å². The lowest BCUT2D eigenvalue weighted by molar-refractivity contribution is 0.199. The van der Waals surface area contributed by atoms with Crippen LogP contribution in [-0.2, 0) is 11.3 Å². The number of methoxy groups -OCH3 is 1. The summed E-state index contributed by atoms with van der Waals surface area (Å²) in [6.45, 7) is 2.32. The molecule has 2 rings (SSSR count). The smallest absolute Gasteiger partial charge is 0.174 e. The van der Waals surface area contributed by atoms with Crippen LogP contribution >= 0.6 is 34.9 Å². The van der Waals surface area contributed by atoms with Crippen LogP contribution in [0, 0.1) is 0 Å². The summed E-state index contributed by atoms with van der Waals surface area (Å²) >= 11 is 9.17. The SMILES string of the molecule is COCCNCc1ccc(Sc2ncns2)c(Cl)c1. The van der Waals surface area contributed by atoms with Gasteiger partial charge < -0.3 is 10.1 Å². The van der Waals surface area contributed by atoms with E-state index >= 15 is 0 Å². The molecule has 0 unspecified atom stereocenters. The summed E-state index contributed by atoms with van der Waals surface area (Å²) in [7, 11) is 1.69. The molecule has 0 bridgehead atoms. The molecule has 0 atom stereocenters. The van der Waals surface area contributed by atoms with E-state index in [4.69, 9.17) is 16.3 Å². The summed E-state index contributed by atoms with van der Waals surface area (Å²) in [6, 6.07) is 6.06. The number of hydrogen-bond donors (Lipinski definition) is 1. The fourth-order valence-electron chi connectivity index (χ4n) is 1.45. The zero-order valence-electron chi connectivity index (χ0n) is 10.4. The highest BCUT2D eigenvalue weighted by atomic mass is 35.5. The third kappa shape index (κ3) is 4.74. The van der Waals surface area contributed by atoms with Gasteiger partial charge in [-0.3, -0.25) is 0 Å². The van der Waals surface area contributed by atoms with Gasteiger partial charge in [-0.1, -0.05) is 29.4 Å². The summed E-state index contributed by atoms with van der Waals surface area (Å²) < 4.78 is 9.84. The molecule has 7 heteroatoms. The molecule has 0 saturated heterocycles. The first-order valence-corrected chi connectivity index (χ1v) is 7.69. The maximum absolute atomic E-state index is 6.27. The van der Waals surface area contributed by atoms with E-state index in [0.717, 1.165) is 32.9 Å². The van der Waals surface area contributed by atoms with Gasteiger partial charge in [-0.15, -0.1) is 0 Å². The Labute approximate surface area is 125 Å². The zero-order chi connectivity index (χ0) is 13.5. The number of hydrogen-bond acceptors (Lipinski definition) is 6. The molecule has 1 N–H and O–H groups in total. The molecule has 0 fully saturated rings. The quantitative estimate of drug-likeness (QED) is 0.796. The van der Waals surface area contributed by atoms with Gasteiger partial charge in [0.1, 0.15) is 6.33 Å². The van der Waals surface area contributed by atoms with Crippen molar-refractivity contribution in [2.45, 2.75) is 15.8 Å². The highest BCUT2D eigenvalue weighted by Gasteiger charge is 2.06.